The van der Waals surface area contributed by atoms with E-state index in [1.54, 1.807) is 0 Å². The van der Waals surface area contributed by atoms with Crippen LogP contribution in [0.1, 0.15) is 25.8 Å². The SMILES string of the molecule is CCCNC(C)Cc1ccc(S(C)(=O)=O)cc1[N+](=O)[O-]. The van der Waals surface area contributed by atoms with Gasteiger partial charge in [0, 0.05) is 23.9 Å². The lowest BCUT2D eigenvalue weighted by molar-refractivity contribution is -0.385. The van der Waals surface area contributed by atoms with Gasteiger partial charge in [-0.3, -0.25) is 10.1 Å². The third-order valence-electron chi connectivity index (χ3n) is 2.95. The van der Waals surface area contributed by atoms with E-state index in [-0.39, 0.29) is 16.6 Å². The molecule has 0 saturated carbocycles. The van der Waals surface area contributed by atoms with Crippen molar-refractivity contribution >= 4 is 15.5 Å². The van der Waals surface area contributed by atoms with Gasteiger partial charge in [0.2, 0.25) is 0 Å². The molecule has 0 aliphatic rings. The smallest absolute Gasteiger partial charge is 0.273 e. The second-order valence-electron chi connectivity index (χ2n) is 4.88. The van der Waals surface area contributed by atoms with Crippen molar-refractivity contribution in [2.45, 2.75) is 37.6 Å². The van der Waals surface area contributed by atoms with Gasteiger partial charge in [0.15, 0.2) is 9.84 Å². The molecule has 1 atom stereocenters. The number of nitrogens with zero attached hydrogens (tertiary/aromatic N) is 1. The van der Waals surface area contributed by atoms with Gasteiger partial charge in [-0.15, -0.1) is 0 Å². The van der Waals surface area contributed by atoms with Crippen molar-refractivity contribution in [3.05, 3.63) is 33.9 Å². The fourth-order valence-electron chi connectivity index (χ4n) is 1.91. The van der Waals surface area contributed by atoms with E-state index in [1.165, 1.54) is 12.1 Å². The highest BCUT2D eigenvalue weighted by molar-refractivity contribution is 7.90. The number of nitrogens with one attached hydrogen (secondary N) is 1. The van der Waals surface area contributed by atoms with E-state index < -0.39 is 14.8 Å². The molecule has 1 aromatic carbocycles. The van der Waals surface area contributed by atoms with Crippen LogP contribution in [0.3, 0.4) is 0 Å². The summed E-state index contributed by atoms with van der Waals surface area (Å²) in [5.74, 6) is 0. The minimum Gasteiger partial charge on any atom is -0.314 e. The molecule has 0 spiro atoms. The Balaban J connectivity index is 3.05. The molecule has 1 aromatic rings. The monoisotopic (exact) mass is 300 g/mol. The Morgan fingerprint density at radius 3 is 2.55 bits per heavy atom. The van der Waals surface area contributed by atoms with E-state index >= 15 is 0 Å². The lowest BCUT2D eigenvalue weighted by Crippen LogP contribution is -2.28. The fraction of sp³-hybridized carbons (Fsp3) is 0.538. The van der Waals surface area contributed by atoms with Gasteiger partial charge in [0.1, 0.15) is 0 Å². The van der Waals surface area contributed by atoms with Gasteiger partial charge in [-0.2, -0.15) is 0 Å². The predicted molar refractivity (Wildman–Crippen MR) is 77.7 cm³/mol. The maximum Gasteiger partial charge on any atom is 0.273 e. The zero-order valence-corrected chi connectivity index (χ0v) is 12.7. The first-order chi connectivity index (χ1) is 9.25. The van der Waals surface area contributed by atoms with Crippen molar-refractivity contribution in [2.24, 2.45) is 0 Å². The van der Waals surface area contributed by atoms with Crippen molar-refractivity contribution in [1.29, 1.82) is 0 Å². The van der Waals surface area contributed by atoms with Crippen LogP contribution in [0.15, 0.2) is 23.1 Å². The Labute approximate surface area is 119 Å². The molecular formula is C13H20N2O4S. The van der Waals surface area contributed by atoms with Crippen molar-refractivity contribution in [2.75, 3.05) is 12.8 Å². The van der Waals surface area contributed by atoms with Crippen LogP contribution < -0.4 is 5.32 Å². The molecule has 6 nitrogen and oxygen atoms in total. The summed E-state index contributed by atoms with van der Waals surface area (Å²) >= 11 is 0. The zero-order chi connectivity index (χ0) is 15.3. The van der Waals surface area contributed by atoms with E-state index in [9.17, 15) is 18.5 Å². The highest BCUT2D eigenvalue weighted by Crippen LogP contribution is 2.24. The van der Waals surface area contributed by atoms with E-state index in [0.29, 0.717) is 12.0 Å². The molecule has 1 rings (SSSR count). The molecule has 0 saturated heterocycles. The standard InChI is InChI=1S/C13H20N2O4S/c1-4-7-14-10(2)8-11-5-6-12(20(3,18)19)9-13(11)15(16)17/h5-6,9-10,14H,4,7-8H2,1-3H3. The highest BCUT2D eigenvalue weighted by Gasteiger charge is 2.19. The molecule has 20 heavy (non-hydrogen) atoms. The molecule has 0 amide bonds. The van der Waals surface area contributed by atoms with Crippen LogP contribution in [0, 0.1) is 10.1 Å². The summed E-state index contributed by atoms with van der Waals surface area (Å²) in [7, 11) is -3.44. The molecule has 112 valence electrons. The molecule has 0 aliphatic carbocycles. The molecule has 0 heterocycles. The number of hydrogen-bond donors (Lipinski definition) is 1. The Morgan fingerprint density at radius 2 is 2.05 bits per heavy atom. The average Bonchev–Trinajstić information content (AvgIpc) is 2.35. The van der Waals surface area contributed by atoms with Crippen LogP contribution in [0.5, 0.6) is 0 Å². The van der Waals surface area contributed by atoms with E-state index in [1.807, 2.05) is 13.8 Å². The third kappa shape index (κ3) is 4.57. The number of hydrogen-bond acceptors (Lipinski definition) is 5. The molecule has 1 unspecified atom stereocenters. The molecule has 0 fully saturated rings. The van der Waals surface area contributed by atoms with Gasteiger partial charge in [-0.25, -0.2) is 8.42 Å². The maximum absolute atomic E-state index is 11.4. The molecule has 0 aromatic heterocycles. The van der Waals surface area contributed by atoms with Gasteiger partial charge in [-0.1, -0.05) is 13.0 Å². The van der Waals surface area contributed by atoms with E-state index in [4.69, 9.17) is 0 Å². The van der Waals surface area contributed by atoms with Crippen LogP contribution in [0.2, 0.25) is 0 Å². The van der Waals surface area contributed by atoms with Gasteiger partial charge in [0.25, 0.3) is 5.69 Å². The Kier molecular flexibility index (Phi) is 5.64. The summed E-state index contributed by atoms with van der Waals surface area (Å²) in [5.41, 5.74) is 0.400. The van der Waals surface area contributed by atoms with Crippen LogP contribution in [-0.2, 0) is 16.3 Å². The molecule has 0 bridgehead atoms. The molecule has 1 N–H and O–H groups in total. The minimum atomic E-state index is -3.44. The average molecular weight is 300 g/mol. The van der Waals surface area contributed by atoms with Crippen molar-refractivity contribution < 1.29 is 13.3 Å². The summed E-state index contributed by atoms with van der Waals surface area (Å²) in [4.78, 5) is 10.5. The molecule has 0 radical (unpaired) electrons. The third-order valence-corrected chi connectivity index (χ3v) is 4.06. The largest absolute Gasteiger partial charge is 0.314 e. The van der Waals surface area contributed by atoms with Crippen LogP contribution in [0.25, 0.3) is 0 Å². The van der Waals surface area contributed by atoms with Crippen molar-refractivity contribution in [3.63, 3.8) is 0 Å². The van der Waals surface area contributed by atoms with Crippen molar-refractivity contribution in [3.8, 4) is 0 Å². The van der Waals surface area contributed by atoms with Crippen LogP contribution >= 0.6 is 0 Å². The second-order valence-corrected chi connectivity index (χ2v) is 6.89. The molecular weight excluding hydrogens is 280 g/mol. The fourth-order valence-corrected chi connectivity index (χ4v) is 2.55. The second kappa shape index (κ2) is 6.81. The topological polar surface area (TPSA) is 89.3 Å². The van der Waals surface area contributed by atoms with Crippen molar-refractivity contribution in [1.82, 2.24) is 5.32 Å². The summed E-state index contributed by atoms with van der Waals surface area (Å²) < 4.78 is 22.9. The summed E-state index contributed by atoms with van der Waals surface area (Å²) in [6, 6.07) is 4.18. The Hall–Kier alpha value is -1.47. The van der Waals surface area contributed by atoms with Gasteiger partial charge >= 0.3 is 0 Å². The Bertz CT molecular complexity index is 584. The highest BCUT2D eigenvalue weighted by atomic mass is 32.2. The number of sulfone groups is 1. The normalized spacial score (nSPS) is 13.2. The van der Waals surface area contributed by atoms with Gasteiger partial charge < -0.3 is 5.32 Å². The summed E-state index contributed by atoms with van der Waals surface area (Å²) in [6.07, 6.45) is 2.51. The zero-order valence-electron chi connectivity index (χ0n) is 11.9. The number of nitro groups is 1. The van der Waals surface area contributed by atoms with Crippen LogP contribution in [-0.4, -0.2) is 32.2 Å². The maximum atomic E-state index is 11.4. The predicted octanol–water partition coefficient (Wildman–Crippen LogP) is 1.93. The lowest BCUT2D eigenvalue weighted by Gasteiger charge is -2.13. The van der Waals surface area contributed by atoms with E-state index in [0.717, 1.165) is 25.3 Å². The minimum absolute atomic E-state index is 0.0258. The first-order valence-corrected chi connectivity index (χ1v) is 8.35. The van der Waals surface area contributed by atoms with Gasteiger partial charge in [0.05, 0.1) is 9.82 Å². The van der Waals surface area contributed by atoms with Gasteiger partial charge in [-0.05, 0) is 32.4 Å². The number of rotatable bonds is 7. The van der Waals surface area contributed by atoms with Crippen LogP contribution in [0.4, 0.5) is 5.69 Å². The molecule has 7 heteroatoms. The first-order valence-electron chi connectivity index (χ1n) is 6.46. The summed E-state index contributed by atoms with van der Waals surface area (Å²) in [5, 5.41) is 14.3. The lowest BCUT2D eigenvalue weighted by atomic mass is 10.1. The quantitative estimate of drug-likeness (QED) is 0.614. The van der Waals surface area contributed by atoms with E-state index in [2.05, 4.69) is 5.32 Å². The summed E-state index contributed by atoms with van der Waals surface area (Å²) in [6.45, 7) is 4.84. The number of nitro benzene ring substituents is 1. The Morgan fingerprint density at radius 1 is 1.40 bits per heavy atom. The first kappa shape index (κ1) is 16.6. The number of benzene rings is 1. The molecule has 0 aliphatic heterocycles.